The first-order valence-corrected chi connectivity index (χ1v) is 14.1. The topological polar surface area (TPSA) is 149 Å². The van der Waals surface area contributed by atoms with Crippen molar-refractivity contribution in [1.82, 2.24) is 20.3 Å². The number of fused-ring (bicyclic) bond motifs is 3. The van der Waals surface area contributed by atoms with Crippen LogP contribution in [0.4, 0.5) is 4.79 Å². The van der Waals surface area contributed by atoms with E-state index in [1.165, 1.54) is 0 Å². The summed E-state index contributed by atoms with van der Waals surface area (Å²) in [4.78, 5) is 38.4. The minimum atomic E-state index is -0.602. The van der Waals surface area contributed by atoms with Gasteiger partial charge in [0.25, 0.3) is 5.91 Å². The number of nitrogens with two attached hydrogens (primary N) is 2. The van der Waals surface area contributed by atoms with Crippen molar-refractivity contribution in [2.24, 2.45) is 11.5 Å². The number of benzene rings is 1. The highest BCUT2D eigenvalue weighted by Gasteiger charge is 2.42. The maximum Gasteiger partial charge on any atom is 0.408 e. The van der Waals surface area contributed by atoms with Gasteiger partial charge in [-0.05, 0) is 102 Å². The fourth-order valence-corrected chi connectivity index (χ4v) is 5.43. The Hall–Kier alpha value is -4.16. The molecule has 1 aromatic carbocycles. The molecule has 0 unspecified atom stereocenters. The van der Waals surface area contributed by atoms with Gasteiger partial charge in [0.2, 0.25) is 0 Å². The zero-order valence-corrected chi connectivity index (χ0v) is 24.4. The summed E-state index contributed by atoms with van der Waals surface area (Å²) in [7, 11) is 0. The Balaban J connectivity index is 1.46. The number of ether oxygens (including phenoxy) is 1. The molecule has 2 heterocycles. The third-order valence-corrected chi connectivity index (χ3v) is 7.44. The van der Waals surface area contributed by atoms with Crippen LogP contribution in [-0.4, -0.2) is 43.6 Å². The van der Waals surface area contributed by atoms with Crippen molar-refractivity contribution in [3.05, 3.63) is 58.4 Å². The third kappa shape index (κ3) is 6.28. The largest absolute Gasteiger partial charge is 0.444 e. The Morgan fingerprint density at radius 2 is 1.83 bits per heavy atom. The van der Waals surface area contributed by atoms with Crippen molar-refractivity contribution < 1.29 is 14.3 Å². The van der Waals surface area contributed by atoms with E-state index in [2.05, 4.69) is 27.1 Å². The molecule has 1 fully saturated rings. The van der Waals surface area contributed by atoms with E-state index in [1.807, 2.05) is 65.1 Å². The molecule has 6 N–H and O–H groups in total. The van der Waals surface area contributed by atoms with E-state index in [0.717, 1.165) is 58.6 Å². The van der Waals surface area contributed by atoms with Crippen LogP contribution in [0, 0.1) is 11.8 Å². The van der Waals surface area contributed by atoms with E-state index in [0.29, 0.717) is 30.7 Å². The lowest BCUT2D eigenvalue weighted by Gasteiger charge is -2.42. The second kappa shape index (κ2) is 10.3. The summed E-state index contributed by atoms with van der Waals surface area (Å²) >= 11 is 0. The normalized spacial score (nSPS) is 15.5. The minimum absolute atomic E-state index is 0.451. The number of hydrogen-bond acceptors (Lipinski definition) is 6. The molecule has 3 aromatic rings. The molecule has 214 valence electrons. The maximum atomic E-state index is 12.7. The first kappa shape index (κ1) is 28.4. The molecule has 41 heavy (non-hydrogen) atoms. The molecule has 2 aliphatic rings. The van der Waals surface area contributed by atoms with Crippen LogP contribution in [-0.2, 0) is 24.0 Å². The summed E-state index contributed by atoms with van der Waals surface area (Å²) in [5, 5.41) is 3.08. The number of primary amides is 1. The maximum absolute atomic E-state index is 12.7. The summed E-state index contributed by atoms with van der Waals surface area (Å²) in [6, 6.07) is 7.74. The quantitative estimate of drug-likeness (QED) is 0.343. The second-order valence-corrected chi connectivity index (χ2v) is 12.8. The molecule has 2 aliphatic carbocycles. The van der Waals surface area contributed by atoms with Crippen molar-refractivity contribution in [2.75, 3.05) is 0 Å². The number of aryl methyl sites for hydroxylation is 1. The van der Waals surface area contributed by atoms with Gasteiger partial charge in [-0.2, -0.15) is 0 Å². The molecule has 0 spiro atoms. The number of rotatable bonds is 5. The van der Waals surface area contributed by atoms with Gasteiger partial charge < -0.3 is 26.5 Å². The lowest BCUT2D eigenvalue weighted by atomic mass is 9.73. The Bertz CT molecular complexity index is 1560. The lowest BCUT2D eigenvalue weighted by Crippen LogP contribution is -2.56. The van der Waals surface area contributed by atoms with Crippen LogP contribution in [0.3, 0.4) is 0 Å². The predicted molar refractivity (Wildman–Crippen MR) is 158 cm³/mol. The number of amides is 2. The highest BCUT2D eigenvalue weighted by Crippen LogP contribution is 2.40. The molecule has 2 aromatic heterocycles. The number of hydrogen-bond donors (Lipinski definition) is 4. The molecule has 5 rings (SSSR count). The Kier molecular flexibility index (Phi) is 7.16. The Labute approximate surface area is 240 Å². The number of H-pyrrole nitrogens is 1. The van der Waals surface area contributed by atoms with Crippen molar-refractivity contribution in [1.29, 1.82) is 0 Å². The van der Waals surface area contributed by atoms with Crippen molar-refractivity contribution in [3.63, 3.8) is 0 Å². The Morgan fingerprint density at radius 3 is 2.41 bits per heavy atom. The molecule has 2 amide bonds. The van der Waals surface area contributed by atoms with E-state index in [1.54, 1.807) is 0 Å². The van der Waals surface area contributed by atoms with Gasteiger partial charge in [0, 0.05) is 35.0 Å². The van der Waals surface area contributed by atoms with Gasteiger partial charge in [-0.15, -0.1) is 0 Å². The molecule has 0 aliphatic heterocycles. The van der Waals surface area contributed by atoms with Gasteiger partial charge in [-0.1, -0.05) is 11.8 Å². The van der Waals surface area contributed by atoms with E-state index < -0.39 is 28.7 Å². The summed E-state index contributed by atoms with van der Waals surface area (Å²) in [6.07, 6.45) is 5.76. The molecule has 0 atom stereocenters. The fourth-order valence-electron chi connectivity index (χ4n) is 5.43. The van der Waals surface area contributed by atoms with E-state index in [4.69, 9.17) is 21.2 Å². The van der Waals surface area contributed by atoms with Crippen LogP contribution in [0.15, 0.2) is 30.5 Å². The van der Waals surface area contributed by atoms with Gasteiger partial charge in [0.05, 0.1) is 22.5 Å². The molecule has 1 saturated carbocycles. The highest BCUT2D eigenvalue weighted by atomic mass is 16.6. The predicted octanol–water partition coefficient (Wildman–Crippen LogP) is 4.41. The SMILES string of the molecule is CC(C)(N)C#Cc1ccc(-c2ncc3c(n2)-c2[nH]c(CC4(NC(=O)OC(C)(C)C)CCC4)c(C(N)=O)c2CC3)cc1. The molecular formula is C32H38N6O3. The van der Waals surface area contributed by atoms with Crippen LogP contribution < -0.4 is 16.8 Å². The van der Waals surface area contributed by atoms with Gasteiger partial charge in [0.1, 0.15) is 5.60 Å². The molecule has 9 nitrogen and oxygen atoms in total. The van der Waals surface area contributed by atoms with Crippen LogP contribution >= 0.6 is 0 Å². The Morgan fingerprint density at radius 1 is 1.12 bits per heavy atom. The van der Waals surface area contributed by atoms with Crippen LogP contribution in [0.1, 0.15) is 86.6 Å². The van der Waals surface area contributed by atoms with Crippen LogP contribution in [0.25, 0.3) is 22.8 Å². The molecule has 0 bridgehead atoms. The van der Waals surface area contributed by atoms with Crippen LogP contribution in [0.5, 0.6) is 0 Å². The molecular weight excluding hydrogens is 516 g/mol. The summed E-state index contributed by atoms with van der Waals surface area (Å²) < 4.78 is 5.52. The van der Waals surface area contributed by atoms with Gasteiger partial charge in [-0.25, -0.2) is 14.8 Å². The number of nitrogens with zero attached hydrogens (tertiary/aromatic N) is 2. The monoisotopic (exact) mass is 554 g/mol. The zero-order chi connectivity index (χ0) is 29.6. The minimum Gasteiger partial charge on any atom is -0.444 e. The first-order chi connectivity index (χ1) is 19.2. The average molecular weight is 555 g/mol. The molecule has 9 heteroatoms. The van der Waals surface area contributed by atoms with Crippen molar-refractivity contribution in [3.8, 4) is 34.6 Å². The average Bonchev–Trinajstić information content (AvgIpc) is 3.23. The summed E-state index contributed by atoms with van der Waals surface area (Å²) in [5.74, 6) is 6.22. The highest BCUT2D eigenvalue weighted by molar-refractivity contribution is 5.98. The smallest absolute Gasteiger partial charge is 0.408 e. The van der Waals surface area contributed by atoms with Crippen molar-refractivity contribution in [2.45, 2.75) is 89.8 Å². The van der Waals surface area contributed by atoms with E-state index >= 15 is 0 Å². The van der Waals surface area contributed by atoms with Crippen LogP contribution in [0.2, 0.25) is 0 Å². The number of aromatic amines is 1. The first-order valence-electron chi connectivity index (χ1n) is 14.1. The summed E-state index contributed by atoms with van der Waals surface area (Å²) in [6.45, 7) is 9.24. The molecule has 0 radical (unpaired) electrons. The molecule has 0 saturated heterocycles. The second-order valence-electron chi connectivity index (χ2n) is 12.8. The number of nitrogens with one attached hydrogen (secondary N) is 2. The summed E-state index contributed by atoms with van der Waals surface area (Å²) in [5.41, 5.74) is 16.6. The third-order valence-electron chi connectivity index (χ3n) is 7.44. The van der Waals surface area contributed by atoms with Gasteiger partial charge in [-0.3, -0.25) is 4.79 Å². The number of carbonyl (C=O) groups is 2. The van der Waals surface area contributed by atoms with Gasteiger partial charge in [0.15, 0.2) is 5.82 Å². The van der Waals surface area contributed by atoms with E-state index in [-0.39, 0.29) is 0 Å². The number of aromatic nitrogens is 3. The van der Waals surface area contributed by atoms with Gasteiger partial charge >= 0.3 is 6.09 Å². The number of alkyl carbamates (subject to hydrolysis) is 1. The zero-order valence-electron chi connectivity index (χ0n) is 24.4. The standard InChI is InChI=1S/C32H38N6O3/c1-30(2,3)41-29(40)38-32(14-6-15-32)17-23-24(27(33)39)22-12-11-21-18-35-28(37-25(21)26(22)36-23)20-9-7-19(8-10-20)13-16-31(4,5)34/h7-10,18,36H,6,11-12,14-15,17,34H2,1-5H3,(H2,33,39)(H,38,40). The van der Waals surface area contributed by atoms with Crippen molar-refractivity contribution >= 4 is 12.0 Å². The fraction of sp³-hybridized carbons (Fsp3) is 0.438. The lowest BCUT2D eigenvalue weighted by molar-refractivity contribution is 0.0382. The number of carbonyl (C=O) groups excluding carboxylic acids is 2. The van der Waals surface area contributed by atoms with E-state index in [9.17, 15) is 9.59 Å².